The van der Waals surface area contributed by atoms with Gasteiger partial charge in [0.15, 0.2) is 0 Å². The SMILES string of the molecule is O=C1CCCCCCNC(=O)NNN1. The van der Waals surface area contributed by atoms with Crippen molar-refractivity contribution < 1.29 is 9.59 Å². The zero-order valence-electron chi connectivity index (χ0n) is 8.06. The maximum Gasteiger partial charge on any atom is 0.330 e. The Labute approximate surface area is 82.8 Å². The number of amides is 3. The Morgan fingerprint density at radius 3 is 2.57 bits per heavy atom. The van der Waals surface area contributed by atoms with E-state index >= 15 is 0 Å². The van der Waals surface area contributed by atoms with Crippen LogP contribution < -0.4 is 21.7 Å². The van der Waals surface area contributed by atoms with Crippen LogP contribution in [-0.2, 0) is 4.79 Å². The molecule has 0 aromatic rings. The molecule has 0 radical (unpaired) electrons. The van der Waals surface area contributed by atoms with Gasteiger partial charge in [-0.2, -0.15) is 0 Å². The lowest BCUT2D eigenvalue weighted by Crippen LogP contribution is -2.52. The van der Waals surface area contributed by atoms with Crippen LogP contribution in [0.3, 0.4) is 0 Å². The molecule has 4 N–H and O–H groups in total. The molecular formula is C8H16N4O2. The van der Waals surface area contributed by atoms with Crippen LogP contribution in [0.2, 0.25) is 0 Å². The van der Waals surface area contributed by atoms with Gasteiger partial charge in [0.05, 0.1) is 0 Å². The third kappa shape index (κ3) is 4.66. The number of nitrogens with one attached hydrogen (secondary N) is 4. The van der Waals surface area contributed by atoms with Gasteiger partial charge in [-0.1, -0.05) is 12.8 Å². The molecule has 3 amide bonds. The maximum absolute atomic E-state index is 11.1. The van der Waals surface area contributed by atoms with Gasteiger partial charge in [0.25, 0.3) is 0 Å². The molecule has 6 heteroatoms. The molecule has 6 nitrogen and oxygen atoms in total. The van der Waals surface area contributed by atoms with E-state index in [0.717, 1.165) is 25.7 Å². The van der Waals surface area contributed by atoms with Crippen molar-refractivity contribution in [2.24, 2.45) is 0 Å². The molecule has 0 unspecified atom stereocenters. The van der Waals surface area contributed by atoms with Gasteiger partial charge in [-0.05, 0) is 12.8 Å². The molecule has 0 aliphatic carbocycles. The highest BCUT2D eigenvalue weighted by Gasteiger charge is 2.03. The molecule has 0 aromatic carbocycles. The van der Waals surface area contributed by atoms with Crippen molar-refractivity contribution in [1.82, 2.24) is 21.7 Å². The average Bonchev–Trinajstić information content (AvgIpc) is 2.14. The third-order valence-corrected chi connectivity index (χ3v) is 1.99. The van der Waals surface area contributed by atoms with E-state index in [2.05, 4.69) is 21.7 Å². The summed E-state index contributed by atoms with van der Waals surface area (Å²) in [4.78, 5) is 22.0. The fourth-order valence-corrected chi connectivity index (χ4v) is 1.23. The quantitative estimate of drug-likeness (QED) is 0.436. The first-order chi connectivity index (χ1) is 6.79. The molecule has 14 heavy (non-hydrogen) atoms. The number of carbonyl (C=O) groups is 2. The zero-order chi connectivity index (χ0) is 10.2. The lowest BCUT2D eigenvalue weighted by molar-refractivity contribution is -0.122. The summed E-state index contributed by atoms with van der Waals surface area (Å²) in [5.74, 6) is -0.106. The van der Waals surface area contributed by atoms with Crippen molar-refractivity contribution in [2.75, 3.05) is 6.54 Å². The maximum atomic E-state index is 11.1. The van der Waals surface area contributed by atoms with Crippen molar-refractivity contribution in [3.8, 4) is 0 Å². The number of hydrogen-bond donors (Lipinski definition) is 4. The standard InChI is InChI=1S/C8H16N4O2/c13-7-5-3-1-2-4-6-9-8(14)11-12-10-7/h12H,1-6H2,(H,10,13)(H2,9,11,14). The van der Waals surface area contributed by atoms with Crippen LogP contribution in [0.4, 0.5) is 4.79 Å². The second-order valence-electron chi connectivity index (χ2n) is 3.22. The van der Waals surface area contributed by atoms with Gasteiger partial charge in [0.2, 0.25) is 5.91 Å². The van der Waals surface area contributed by atoms with E-state index < -0.39 is 0 Å². The van der Waals surface area contributed by atoms with E-state index in [1.54, 1.807) is 0 Å². The summed E-state index contributed by atoms with van der Waals surface area (Å²) < 4.78 is 0. The molecule has 1 heterocycles. The normalized spacial score (nSPS) is 20.9. The van der Waals surface area contributed by atoms with Crippen LogP contribution in [0.15, 0.2) is 0 Å². The van der Waals surface area contributed by atoms with Crippen LogP contribution in [0.25, 0.3) is 0 Å². The van der Waals surface area contributed by atoms with Gasteiger partial charge in [-0.25, -0.2) is 4.79 Å². The van der Waals surface area contributed by atoms with Crippen LogP contribution in [0.5, 0.6) is 0 Å². The van der Waals surface area contributed by atoms with Crippen LogP contribution in [0.1, 0.15) is 32.1 Å². The van der Waals surface area contributed by atoms with Crippen molar-refractivity contribution >= 4 is 11.9 Å². The second kappa shape index (κ2) is 6.20. The first-order valence-corrected chi connectivity index (χ1v) is 4.87. The first kappa shape index (κ1) is 10.8. The van der Waals surface area contributed by atoms with Crippen LogP contribution in [-0.4, -0.2) is 18.5 Å². The zero-order valence-corrected chi connectivity index (χ0v) is 8.06. The summed E-state index contributed by atoms with van der Waals surface area (Å²) in [6.45, 7) is 0.668. The fourth-order valence-electron chi connectivity index (χ4n) is 1.23. The van der Waals surface area contributed by atoms with Crippen molar-refractivity contribution in [3.05, 3.63) is 0 Å². The molecule has 0 spiro atoms. The Hall–Kier alpha value is -1.30. The molecule has 0 atom stereocenters. The van der Waals surface area contributed by atoms with E-state index in [1.165, 1.54) is 0 Å². The summed E-state index contributed by atoms with van der Waals surface area (Å²) in [6.07, 6.45) is 4.41. The smallest absolute Gasteiger partial charge is 0.330 e. The van der Waals surface area contributed by atoms with E-state index in [4.69, 9.17) is 0 Å². The molecule has 0 bridgehead atoms. The first-order valence-electron chi connectivity index (χ1n) is 4.87. The number of urea groups is 1. The van der Waals surface area contributed by atoms with Crippen LogP contribution in [0, 0.1) is 0 Å². The molecule has 1 saturated heterocycles. The van der Waals surface area contributed by atoms with Gasteiger partial charge in [0, 0.05) is 13.0 Å². The van der Waals surface area contributed by atoms with Crippen molar-refractivity contribution in [3.63, 3.8) is 0 Å². The summed E-state index contributed by atoms with van der Waals surface area (Å²) >= 11 is 0. The number of hydrazine groups is 2. The van der Waals surface area contributed by atoms with Gasteiger partial charge >= 0.3 is 6.03 Å². The molecule has 1 aliphatic heterocycles. The minimum Gasteiger partial charge on any atom is -0.337 e. The third-order valence-electron chi connectivity index (χ3n) is 1.99. The Bertz CT molecular complexity index is 188. The lowest BCUT2D eigenvalue weighted by Gasteiger charge is -2.11. The minimum atomic E-state index is -0.328. The molecule has 0 saturated carbocycles. The molecule has 0 aromatic heterocycles. The number of carbonyl (C=O) groups excluding carboxylic acids is 2. The van der Waals surface area contributed by atoms with Gasteiger partial charge in [-0.15, -0.1) is 5.53 Å². The predicted octanol–water partition coefficient (Wildman–Crippen LogP) is -0.214. The molecule has 1 rings (SSSR count). The average molecular weight is 200 g/mol. The number of rotatable bonds is 0. The highest BCUT2D eigenvalue weighted by molar-refractivity contribution is 5.76. The molecule has 1 aliphatic rings. The Kier molecular flexibility index (Phi) is 4.77. The molecule has 1 fully saturated rings. The van der Waals surface area contributed by atoms with Gasteiger partial charge in [0.1, 0.15) is 0 Å². The van der Waals surface area contributed by atoms with Crippen molar-refractivity contribution in [2.45, 2.75) is 32.1 Å². The highest BCUT2D eigenvalue weighted by atomic mass is 16.2. The summed E-state index contributed by atoms with van der Waals surface area (Å²) in [5, 5.41) is 2.65. The van der Waals surface area contributed by atoms with E-state index in [0.29, 0.717) is 13.0 Å². The highest BCUT2D eigenvalue weighted by Crippen LogP contribution is 2.02. The Morgan fingerprint density at radius 1 is 0.929 bits per heavy atom. The van der Waals surface area contributed by atoms with E-state index in [9.17, 15) is 9.59 Å². The molecule has 80 valence electrons. The van der Waals surface area contributed by atoms with Crippen LogP contribution >= 0.6 is 0 Å². The molecular weight excluding hydrogens is 184 g/mol. The second-order valence-corrected chi connectivity index (χ2v) is 3.22. The Morgan fingerprint density at radius 2 is 1.71 bits per heavy atom. The Balaban J connectivity index is 2.28. The topological polar surface area (TPSA) is 82.3 Å². The fraction of sp³-hybridized carbons (Fsp3) is 0.750. The van der Waals surface area contributed by atoms with E-state index in [-0.39, 0.29) is 11.9 Å². The van der Waals surface area contributed by atoms with Gasteiger partial charge < -0.3 is 5.32 Å². The number of hydrogen-bond acceptors (Lipinski definition) is 3. The summed E-state index contributed by atoms with van der Waals surface area (Å²) in [5.41, 5.74) is 7.01. The summed E-state index contributed by atoms with van der Waals surface area (Å²) in [6, 6.07) is -0.328. The van der Waals surface area contributed by atoms with Crippen molar-refractivity contribution in [1.29, 1.82) is 0 Å². The monoisotopic (exact) mass is 200 g/mol. The van der Waals surface area contributed by atoms with E-state index in [1.807, 2.05) is 0 Å². The minimum absolute atomic E-state index is 0.106. The van der Waals surface area contributed by atoms with Gasteiger partial charge in [-0.3, -0.25) is 15.6 Å². The lowest BCUT2D eigenvalue weighted by atomic mass is 10.1. The predicted molar refractivity (Wildman–Crippen MR) is 50.9 cm³/mol. The summed E-state index contributed by atoms with van der Waals surface area (Å²) in [7, 11) is 0. The largest absolute Gasteiger partial charge is 0.337 e.